The van der Waals surface area contributed by atoms with Gasteiger partial charge in [0.25, 0.3) is 0 Å². The molecule has 1 unspecified atom stereocenters. The maximum atomic E-state index is 11.1. The van der Waals surface area contributed by atoms with E-state index in [0.29, 0.717) is 13.1 Å². The minimum Gasteiger partial charge on any atom is -0.396 e. The van der Waals surface area contributed by atoms with E-state index >= 15 is 0 Å². The van der Waals surface area contributed by atoms with Crippen molar-refractivity contribution in [1.29, 1.82) is 0 Å². The Morgan fingerprint density at radius 1 is 1.63 bits per heavy atom. The molecule has 104 valence electrons. The lowest BCUT2D eigenvalue weighted by Gasteiger charge is -2.18. The molecule has 1 aromatic rings. The number of nitrogens with two attached hydrogens (primary N) is 1. The van der Waals surface area contributed by atoms with Crippen molar-refractivity contribution in [3.8, 4) is 0 Å². The fraction of sp³-hybridized carbons (Fsp3) is 0.600. The third kappa shape index (κ3) is 2.56. The number of nitro groups is 1. The van der Waals surface area contributed by atoms with Gasteiger partial charge in [0.15, 0.2) is 0 Å². The molecule has 1 aliphatic rings. The van der Waals surface area contributed by atoms with Gasteiger partial charge in [0.1, 0.15) is 5.69 Å². The molecule has 2 heterocycles. The van der Waals surface area contributed by atoms with E-state index in [1.807, 2.05) is 0 Å². The third-order valence-corrected chi connectivity index (χ3v) is 3.20. The van der Waals surface area contributed by atoms with E-state index in [-0.39, 0.29) is 35.7 Å². The van der Waals surface area contributed by atoms with Crippen LogP contribution in [-0.4, -0.2) is 39.7 Å². The van der Waals surface area contributed by atoms with Crippen molar-refractivity contribution in [2.75, 3.05) is 30.0 Å². The Morgan fingerprint density at radius 2 is 2.37 bits per heavy atom. The topological polar surface area (TPSA) is 130 Å². The Morgan fingerprint density at radius 3 is 2.89 bits per heavy atom. The third-order valence-electron chi connectivity index (χ3n) is 3.20. The summed E-state index contributed by atoms with van der Waals surface area (Å²) in [6.07, 6.45) is 0.780. The van der Waals surface area contributed by atoms with E-state index in [1.54, 1.807) is 11.8 Å². The second kappa shape index (κ2) is 5.33. The van der Waals surface area contributed by atoms with Crippen LogP contribution in [0.2, 0.25) is 0 Å². The SMILES string of the molecule is Cc1nc(NN)nc(N2CCC(CO)C2)c1[N+](=O)[O-]. The molecule has 9 nitrogen and oxygen atoms in total. The molecule has 19 heavy (non-hydrogen) atoms. The number of hydrazine groups is 1. The number of rotatable bonds is 4. The summed E-state index contributed by atoms with van der Waals surface area (Å²) in [6.45, 7) is 2.77. The molecule has 1 aromatic heterocycles. The number of nitrogens with zero attached hydrogens (tertiary/aromatic N) is 4. The van der Waals surface area contributed by atoms with Crippen LogP contribution in [0.5, 0.6) is 0 Å². The average molecular weight is 268 g/mol. The summed E-state index contributed by atoms with van der Waals surface area (Å²) in [6, 6.07) is 0. The first-order valence-electron chi connectivity index (χ1n) is 5.92. The summed E-state index contributed by atoms with van der Waals surface area (Å²) in [4.78, 5) is 20.4. The normalized spacial score (nSPS) is 18.7. The zero-order valence-electron chi connectivity index (χ0n) is 10.5. The number of nitrogen functional groups attached to an aromatic ring is 1. The van der Waals surface area contributed by atoms with Crippen LogP contribution >= 0.6 is 0 Å². The molecular formula is C10H16N6O3. The van der Waals surface area contributed by atoms with Crippen molar-refractivity contribution >= 4 is 17.5 Å². The second-order valence-corrected chi connectivity index (χ2v) is 4.49. The summed E-state index contributed by atoms with van der Waals surface area (Å²) in [5.41, 5.74) is 2.45. The number of hydrogen-bond donors (Lipinski definition) is 3. The molecule has 0 radical (unpaired) electrons. The molecule has 1 saturated heterocycles. The lowest BCUT2D eigenvalue weighted by molar-refractivity contribution is -0.385. The lowest BCUT2D eigenvalue weighted by Crippen LogP contribution is -2.24. The van der Waals surface area contributed by atoms with Crippen LogP contribution in [-0.2, 0) is 0 Å². The molecule has 0 bridgehead atoms. The number of aryl methyl sites for hydroxylation is 1. The maximum Gasteiger partial charge on any atom is 0.332 e. The monoisotopic (exact) mass is 268 g/mol. The Hall–Kier alpha value is -2.00. The highest BCUT2D eigenvalue weighted by Gasteiger charge is 2.31. The molecular weight excluding hydrogens is 252 g/mol. The number of anilines is 2. The van der Waals surface area contributed by atoms with Crippen LogP contribution in [0.25, 0.3) is 0 Å². The lowest BCUT2D eigenvalue weighted by atomic mass is 10.1. The van der Waals surface area contributed by atoms with Gasteiger partial charge in [-0.3, -0.25) is 15.5 Å². The van der Waals surface area contributed by atoms with Gasteiger partial charge in [0.05, 0.1) is 4.92 Å². The smallest absolute Gasteiger partial charge is 0.332 e. The molecule has 0 amide bonds. The van der Waals surface area contributed by atoms with E-state index in [2.05, 4.69) is 15.4 Å². The summed E-state index contributed by atoms with van der Waals surface area (Å²) in [5.74, 6) is 5.77. The molecule has 1 fully saturated rings. The molecule has 0 aliphatic carbocycles. The minimum absolute atomic E-state index is 0.0658. The molecule has 0 spiro atoms. The van der Waals surface area contributed by atoms with Gasteiger partial charge in [-0.15, -0.1) is 0 Å². The van der Waals surface area contributed by atoms with Gasteiger partial charge in [-0.05, 0) is 13.3 Å². The highest BCUT2D eigenvalue weighted by molar-refractivity contribution is 5.62. The van der Waals surface area contributed by atoms with Crippen LogP contribution in [0.4, 0.5) is 17.5 Å². The molecule has 9 heteroatoms. The summed E-state index contributed by atoms with van der Waals surface area (Å²) in [7, 11) is 0. The molecule has 0 saturated carbocycles. The van der Waals surface area contributed by atoms with Crippen LogP contribution < -0.4 is 16.2 Å². The predicted octanol–water partition coefficient (Wildman–Crippen LogP) is -0.203. The minimum atomic E-state index is -0.489. The van der Waals surface area contributed by atoms with Crippen LogP contribution in [0, 0.1) is 23.0 Å². The van der Waals surface area contributed by atoms with Crippen LogP contribution in [0.15, 0.2) is 0 Å². The van der Waals surface area contributed by atoms with Crippen molar-refractivity contribution in [3.63, 3.8) is 0 Å². The van der Waals surface area contributed by atoms with Crippen molar-refractivity contribution in [2.45, 2.75) is 13.3 Å². The van der Waals surface area contributed by atoms with Crippen LogP contribution in [0.3, 0.4) is 0 Å². The number of aliphatic hydroxyl groups excluding tert-OH is 1. The quantitative estimate of drug-likeness (QED) is 0.388. The van der Waals surface area contributed by atoms with E-state index in [9.17, 15) is 10.1 Å². The molecule has 1 atom stereocenters. The van der Waals surface area contributed by atoms with E-state index in [1.165, 1.54) is 0 Å². The average Bonchev–Trinajstić information content (AvgIpc) is 2.85. The predicted molar refractivity (Wildman–Crippen MR) is 68.6 cm³/mol. The standard InChI is InChI=1S/C10H16N6O3/c1-6-8(16(18)19)9(13-10(12-6)14-11)15-3-2-7(4-15)5-17/h7,17H,2-5,11H2,1H3,(H,12,13,14). The zero-order chi connectivity index (χ0) is 14.0. The Balaban J connectivity index is 2.42. The summed E-state index contributed by atoms with van der Waals surface area (Å²) in [5, 5.41) is 20.3. The van der Waals surface area contributed by atoms with Gasteiger partial charge in [-0.2, -0.15) is 4.98 Å². The van der Waals surface area contributed by atoms with Gasteiger partial charge >= 0.3 is 5.69 Å². The highest BCUT2D eigenvalue weighted by atomic mass is 16.6. The summed E-state index contributed by atoms with van der Waals surface area (Å²) < 4.78 is 0. The van der Waals surface area contributed by atoms with Crippen molar-refractivity contribution in [2.24, 2.45) is 11.8 Å². The van der Waals surface area contributed by atoms with Gasteiger partial charge in [-0.25, -0.2) is 10.8 Å². The van der Waals surface area contributed by atoms with Gasteiger partial charge in [0, 0.05) is 25.6 Å². The van der Waals surface area contributed by atoms with Crippen LogP contribution in [0.1, 0.15) is 12.1 Å². The fourth-order valence-corrected chi connectivity index (χ4v) is 2.22. The van der Waals surface area contributed by atoms with E-state index in [4.69, 9.17) is 10.9 Å². The Bertz CT molecular complexity index is 494. The first-order valence-corrected chi connectivity index (χ1v) is 5.92. The fourth-order valence-electron chi connectivity index (χ4n) is 2.22. The second-order valence-electron chi connectivity index (χ2n) is 4.49. The number of nitrogens with one attached hydrogen (secondary N) is 1. The van der Waals surface area contributed by atoms with Gasteiger partial charge < -0.3 is 10.0 Å². The number of aliphatic hydroxyl groups is 1. The Kier molecular flexibility index (Phi) is 3.76. The first kappa shape index (κ1) is 13.4. The molecule has 1 aliphatic heterocycles. The summed E-state index contributed by atoms with van der Waals surface area (Å²) >= 11 is 0. The van der Waals surface area contributed by atoms with Gasteiger partial charge in [0.2, 0.25) is 11.8 Å². The highest BCUT2D eigenvalue weighted by Crippen LogP contribution is 2.32. The van der Waals surface area contributed by atoms with Gasteiger partial charge in [-0.1, -0.05) is 0 Å². The Labute approximate surface area is 109 Å². The van der Waals surface area contributed by atoms with E-state index in [0.717, 1.165) is 6.42 Å². The van der Waals surface area contributed by atoms with E-state index < -0.39 is 4.92 Å². The van der Waals surface area contributed by atoms with Crippen molar-refractivity contribution < 1.29 is 10.0 Å². The number of aromatic nitrogens is 2. The maximum absolute atomic E-state index is 11.1. The molecule has 0 aromatic carbocycles. The first-order chi connectivity index (χ1) is 9.06. The molecule has 2 rings (SSSR count). The van der Waals surface area contributed by atoms with Crippen molar-refractivity contribution in [3.05, 3.63) is 15.8 Å². The molecule has 4 N–H and O–H groups in total. The zero-order valence-corrected chi connectivity index (χ0v) is 10.5. The number of hydrogen-bond acceptors (Lipinski definition) is 8. The van der Waals surface area contributed by atoms with Crippen molar-refractivity contribution in [1.82, 2.24) is 9.97 Å². The largest absolute Gasteiger partial charge is 0.396 e.